The standard InChI is InChI=1S/C11H21N3O3/c1-11(2,13)4-3-9(15)14-5-6-17-7-8(14)10(12)16/h8H,3-7,13H2,1-2H3,(H2,12,16). The van der Waals surface area contributed by atoms with Crippen molar-refractivity contribution in [3.8, 4) is 0 Å². The number of carbonyl (C=O) groups excluding carboxylic acids is 2. The van der Waals surface area contributed by atoms with Crippen LogP contribution in [0, 0.1) is 0 Å². The second-order valence-corrected chi connectivity index (χ2v) is 5.07. The maximum Gasteiger partial charge on any atom is 0.242 e. The van der Waals surface area contributed by atoms with Gasteiger partial charge >= 0.3 is 0 Å². The molecule has 1 heterocycles. The van der Waals surface area contributed by atoms with Crippen LogP contribution in [0.4, 0.5) is 0 Å². The first-order chi connectivity index (χ1) is 7.81. The molecule has 0 bridgehead atoms. The number of carbonyl (C=O) groups is 2. The number of ether oxygens (including phenoxy) is 1. The quantitative estimate of drug-likeness (QED) is 0.676. The van der Waals surface area contributed by atoms with E-state index in [1.54, 1.807) is 0 Å². The molecule has 0 aromatic carbocycles. The summed E-state index contributed by atoms with van der Waals surface area (Å²) in [5.74, 6) is -0.610. The molecule has 2 amide bonds. The van der Waals surface area contributed by atoms with E-state index in [9.17, 15) is 9.59 Å². The molecule has 4 N–H and O–H groups in total. The molecular formula is C11H21N3O3. The molecule has 0 spiro atoms. The van der Waals surface area contributed by atoms with E-state index < -0.39 is 11.9 Å². The van der Waals surface area contributed by atoms with Crippen LogP contribution >= 0.6 is 0 Å². The maximum atomic E-state index is 12.0. The highest BCUT2D eigenvalue weighted by Gasteiger charge is 2.31. The van der Waals surface area contributed by atoms with Crippen molar-refractivity contribution in [1.29, 1.82) is 0 Å². The highest BCUT2D eigenvalue weighted by atomic mass is 16.5. The number of nitrogens with two attached hydrogens (primary N) is 2. The van der Waals surface area contributed by atoms with Gasteiger partial charge in [0.25, 0.3) is 0 Å². The molecule has 0 aromatic heterocycles. The van der Waals surface area contributed by atoms with Gasteiger partial charge < -0.3 is 21.1 Å². The Hall–Kier alpha value is -1.14. The molecular weight excluding hydrogens is 222 g/mol. The fourth-order valence-corrected chi connectivity index (χ4v) is 1.71. The summed E-state index contributed by atoms with van der Waals surface area (Å²) < 4.78 is 5.15. The van der Waals surface area contributed by atoms with Crippen LogP contribution in [-0.2, 0) is 14.3 Å². The molecule has 17 heavy (non-hydrogen) atoms. The Labute approximate surface area is 101 Å². The number of hydrogen-bond acceptors (Lipinski definition) is 4. The predicted molar refractivity (Wildman–Crippen MR) is 63.0 cm³/mol. The summed E-state index contributed by atoms with van der Waals surface area (Å²) in [6.45, 7) is 4.78. The van der Waals surface area contributed by atoms with E-state index in [1.807, 2.05) is 13.8 Å². The van der Waals surface area contributed by atoms with E-state index in [4.69, 9.17) is 16.2 Å². The van der Waals surface area contributed by atoms with Crippen molar-refractivity contribution in [3.05, 3.63) is 0 Å². The predicted octanol–water partition coefficient (Wildman–Crippen LogP) is -0.783. The van der Waals surface area contributed by atoms with Crippen LogP contribution in [0.15, 0.2) is 0 Å². The van der Waals surface area contributed by atoms with Crippen molar-refractivity contribution >= 4 is 11.8 Å². The minimum atomic E-state index is -0.642. The zero-order valence-electron chi connectivity index (χ0n) is 10.4. The van der Waals surface area contributed by atoms with Crippen LogP contribution in [0.3, 0.4) is 0 Å². The minimum absolute atomic E-state index is 0.0874. The average molecular weight is 243 g/mol. The molecule has 0 aliphatic carbocycles. The molecule has 1 fully saturated rings. The first-order valence-electron chi connectivity index (χ1n) is 5.77. The number of morpholine rings is 1. The lowest BCUT2D eigenvalue weighted by Gasteiger charge is -2.34. The molecule has 1 aliphatic rings. The third kappa shape index (κ3) is 4.32. The molecule has 1 rings (SSSR count). The van der Waals surface area contributed by atoms with Crippen LogP contribution < -0.4 is 11.5 Å². The third-order valence-corrected chi connectivity index (χ3v) is 2.76. The van der Waals surface area contributed by atoms with Gasteiger partial charge in [-0.25, -0.2) is 0 Å². The highest BCUT2D eigenvalue weighted by Crippen LogP contribution is 2.13. The number of nitrogens with zero attached hydrogens (tertiary/aromatic N) is 1. The van der Waals surface area contributed by atoms with Gasteiger partial charge in [0.05, 0.1) is 13.2 Å². The Morgan fingerprint density at radius 1 is 1.47 bits per heavy atom. The van der Waals surface area contributed by atoms with Gasteiger partial charge in [0.1, 0.15) is 6.04 Å². The van der Waals surface area contributed by atoms with Crippen LogP contribution in [-0.4, -0.2) is 48.1 Å². The molecule has 1 unspecified atom stereocenters. The van der Waals surface area contributed by atoms with Gasteiger partial charge in [0.2, 0.25) is 11.8 Å². The molecule has 1 aliphatic heterocycles. The van der Waals surface area contributed by atoms with Crippen molar-refractivity contribution < 1.29 is 14.3 Å². The largest absolute Gasteiger partial charge is 0.377 e. The van der Waals surface area contributed by atoms with Gasteiger partial charge in [-0.3, -0.25) is 9.59 Å². The Bertz CT molecular complexity index is 299. The van der Waals surface area contributed by atoms with E-state index in [1.165, 1.54) is 4.90 Å². The summed E-state index contributed by atoms with van der Waals surface area (Å²) in [7, 11) is 0. The number of hydrogen-bond donors (Lipinski definition) is 2. The SMILES string of the molecule is CC(C)(N)CCC(=O)N1CCOCC1C(N)=O. The van der Waals surface area contributed by atoms with Crippen molar-refractivity contribution in [2.24, 2.45) is 11.5 Å². The Balaban J connectivity index is 2.56. The Kier molecular flexibility index (Phi) is 4.47. The summed E-state index contributed by atoms with van der Waals surface area (Å²) >= 11 is 0. The van der Waals surface area contributed by atoms with Crippen LogP contribution in [0.1, 0.15) is 26.7 Å². The summed E-state index contributed by atoms with van der Waals surface area (Å²) in [6.07, 6.45) is 0.905. The molecule has 0 saturated carbocycles. The highest BCUT2D eigenvalue weighted by molar-refractivity contribution is 5.87. The van der Waals surface area contributed by atoms with Gasteiger partial charge in [-0.1, -0.05) is 0 Å². The molecule has 0 radical (unpaired) electrons. The Morgan fingerprint density at radius 2 is 2.12 bits per heavy atom. The lowest BCUT2D eigenvalue weighted by molar-refractivity contribution is -0.147. The third-order valence-electron chi connectivity index (χ3n) is 2.76. The first-order valence-corrected chi connectivity index (χ1v) is 5.77. The molecule has 98 valence electrons. The zero-order chi connectivity index (χ0) is 13.1. The summed E-state index contributed by atoms with van der Waals surface area (Å²) in [5, 5.41) is 0. The van der Waals surface area contributed by atoms with Gasteiger partial charge in [-0.15, -0.1) is 0 Å². The smallest absolute Gasteiger partial charge is 0.242 e. The van der Waals surface area contributed by atoms with Gasteiger partial charge in [0, 0.05) is 18.5 Å². The molecule has 6 nitrogen and oxygen atoms in total. The summed E-state index contributed by atoms with van der Waals surface area (Å²) in [4.78, 5) is 24.7. The van der Waals surface area contributed by atoms with E-state index in [2.05, 4.69) is 0 Å². The van der Waals surface area contributed by atoms with Gasteiger partial charge in [0.15, 0.2) is 0 Å². The van der Waals surface area contributed by atoms with Crippen molar-refractivity contribution in [1.82, 2.24) is 4.90 Å². The average Bonchev–Trinajstić information content (AvgIpc) is 2.25. The molecule has 1 saturated heterocycles. The van der Waals surface area contributed by atoms with E-state index in [-0.39, 0.29) is 18.1 Å². The maximum absolute atomic E-state index is 12.0. The van der Waals surface area contributed by atoms with Crippen LogP contribution in [0.5, 0.6) is 0 Å². The number of primary amides is 1. The Morgan fingerprint density at radius 3 is 2.65 bits per heavy atom. The van der Waals surface area contributed by atoms with Gasteiger partial charge in [-0.05, 0) is 20.3 Å². The molecule has 0 aromatic rings. The lowest BCUT2D eigenvalue weighted by atomic mass is 9.99. The first kappa shape index (κ1) is 13.9. The monoisotopic (exact) mass is 243 g/mol. The normalized spacial score (nSPS) is 21.4. The second-order valence-electron chi connectivity index (χ2n) is 5.07. The van der Waals surface area contributed by atoms with Gasteiger partial charge in [-0.2, -0.15) is 0 Å². The number of rotatable bonds is 4. The minimum Gasteiger partial charge on any atom is -0.377 e. The lowest BCUT2D eigenvalue weighted by Crippen LogP contribution is -2.55. The fraction of sp³-hybridized carbons (Fsp3) is 0.818. The number of amides is 2. The molecule has 6 heteroatoms. The van der Waals surface area contributed by atoms with Crippen molar-refractivity contribution in [3.63, 3.8) is 0 Å². The van der Waals surface area contributed by atoms with Crippen LogP contribution in [0.25, 0.3) is 0 Å². The van der Waals surface area contributed by atoms with E-state index in [0.29, 0.717) is 26.0 Å². The fourth-order valence-electron chi connectivity index (χ4n) is 1.71. The summed E-state index contributed by atoms with van der Waals surface area (Å²) in [5.41, 5.74) is 10.7. The molecule has 1 atom stereocenters. The zero-order valence-corrected chi connectivity index (χ0v) is 10.4. The second kappa shape index (κ2) is 5.46. The van der Waals surface area contributed by atoms with E-state index >= 15 is 0 Å². The topological polar surface area (TPSA) is 98.7 Å². The summed E-state index contributed by atoms with van der Waals surface area (Å²) in [6, 6.07) is -0.642. The van der Waals surface area contributed by atoms with E-state index in [0.717, 1.165) is 0 Å². The van der Waals surface area contributed by atoms with Crippen LogP contribution in [0.2, 0.25) is 0 Å². The van der Waals surface area contributed by atoms with Crippen molar-refractivity contribution in [2.45, 2.75) is 38.3 Å². The van der Waals surface area contributed by atoms with Crippen molar-refractivity contribution in [2.75, 3.05) is 19.8 Å².